The number of nitrogens with zero attached hydrogens (tertiary/aromatic N) is 1. The Bertz CT molecular complexity index is 673. The number of phenolic OH excluding ortho intramolecular Hbond substituents is 1. The second-order valence-electron chi connectivity index (χ2n) is 9.13. The van der Waals surface area contributed by atoms with E-state index in [1.807, 2.05) is 4.90 Å². The first kappa shape index (κ1) is 20.9. The van der Waals surface area contributed by atoms with Crippen LogP contribution in [0.1, 0.15) is 78.0 Å². The van der Waals surface area contributed by atoms with Gasteiger partial charge in [0.1, 0.15) is 5.75 Å². The van der Waals surface area contributed by atoms with Crippen LogP contribution in [-0.4, -0.2) is 28.2 Å². The number of rotatable bonds is 4. The number of benzene rings is 1. The van der Waals surface area contributed by atoms with Crippen molar-refractivity contribution in [2.45, 2.75) is 72.1 Å². The Labute approximate surface area is 162 Å². The summed E-state index contributed by atoms with van der Waals surface area (Å²) in [6.45, 7) is 15.6. The van der Waals surface area contributed by atoms with E-state index in [9.17, 15) is 9.90 Å². The molecule has 26 heavy (non-hydrogen) atoms. The van der Waals surface area contributed by atoms with E-state index in [2.05, 4.69) is 66.7 Å². The van der Waals surface area contributed by atoms with Gasteiger partial charge < -0.3 is 10.0 Å². The summed E-state index contributed by atoms with van der Waals surface area (Å²) in [5.41, 5.74) is 2.65. The quantitative estimate of drug-likeness (QED) is 0.738. The third-order valence-corrected chi connectivity index (χ3v) is 5.71. The summed E-state index contributed by atoms with van der Waals surface area (Å²) in [4.78, 5) is 14.1. The van der Waals surface area contributed by atoms with E-state index in [1.54, 1.807) is 11.8 Å². The molecule has 0 bridgehead atoms. The summed E-state index contributed by atoms with van der Waals surface area (Å²) in [7, 11) is 0. The first-order valence-electron chi connectivity index (χ1n) is 9.48. The average Bonchev–Trinajstić information content (AvgIpc) is 2.84. The smallest absolute Gasteiger partial charge is 0.237 e. The largest absolute Gasteiger partial charge is 0.507 e. The molecule has 1 saturated heterocycles. The molecule has 0 saturated carbocycles. The minimum absolute atomic E-state index is 0.154. The molecule has 0 unspecified atom stereocenters. The van der Waals surface area contributed by atoms with E-state index in [-0.39, 0.29) is 16.7 Å². The molecular weight excluding hydrogens is 342 g/mol. The van der Waals surface area contributed by atoms with Gasteiger partial charge in [-0.05, 0) is 41.0 Å². The van der Waals surface area contributed by atoms with Gasteiger partial charge >= 0.3 is 0 Å². The zero-order valence-corrected chi connectivity index (χ0v) is 18.1. The predicted octanol–water partition coefficient (Wildman–Crippen LogP) is 5.66. The Balaban J connectivity index is 2.54. The van der Waals surface area contributed by atoms with Crippen molar-refractivity contribution >= 4 is 23.7 Å². The third-order valence-electron chi connectivity index (χ3n) is 4.68. The van der Waals surface area contributed by atoms with Crippen LogP contribution in [0.25, 0.3) is 6.08 Å². The van der Waals surface area contributed by atoms with Gasteiger partial charge in [-0.1, -0.05) is 66.6 Å². The predicted molar refractivity (Wildman–Crippen MR) is 113 cm³/mol. The van der Waals surface area contributed by atoms with Gasteiger partial charge in [0.25, 0.3) is 0 Å². The third kappa shape index (κ3) is 4.64. The van der Waals surface area contributed by atoms with Gasteiger partial charge in [-0.25, -0.2) is 0 Å². The molecule has 1 aromatic rings. The molecule has 144 valence electrons. The Kier molecular flexibility index (Phi) is 6.17. The van der Waals surface area contributed by atoms with Crippen LogP contribution in [-0.2, 0) is 15.6 Å². The number of carbonyl (C=O) groups is 1. The van der Waals surface area contributed by atoms with Gasteiger partial charge in [-0.2, -0.15) is 0 Å². The Morgan fingerprint density at radius 3 is 2.12 bits per heavy atom. The van der Waals surface area contributed by atoms with Gasteiger partial charge in [0, 0.05) is 17.7 Å². The van der Waals surface area contributed by atoms with E-state index >= 15 is 0 Å². The van der Waals surface area contributed by atoms with Gasteiger partial charge in [-0.3, -0.25) is 4.79 Å². The van der Waals surface area contributed by atoms with Crippen LogP contribution in [0, 0.1) is 0 Å². The standard InChI is InChI=1S/C22H33NO2S/c1-8-9-10-23-18(24)14-26-19(23)13-15-11-16(21(2,3)4)20(25)17(12-15)22(5,6)7/h11-13,25H,8-10,14H2,1-7H3. The molecule has 3 nitrogen and oxygen atoms in total. The molecule has 2 rings (SSSR count). The fraction of sp³-hybridized carbons (Fsp3) is 0.591. The Hall–Kier alpha value is -1.42. The number of phenols is 1. The van der Waals surface area contributed by atoms with Crippen molar-refractivity contribution in [2.75, 3.05) is 12.3 Å². The number of hydrogen-bond donors (Lipinski definition) is 1. The number of aromatic hydroxyl groups is 1. The summed E-state index contributed by atoms with van der Waals surface area (Å²) < 4.78 is 0. The fourth-order valence-electron chi connectivity index (χ4n) is 3.11. The molecule has 0 atom stereocenters. The van der Waals surface area contributed by atoms with E-state index in [0.29, 0.717) is 11.5 Å². The van der Waals surface area contributed by atoms with Crippen molar-refractivity contribution in [3.63, 3.8) is 0 Å². The highest BCUT2D eigenvalue weighted by Gasteiger charge is 2.28. The second kappa shape index (κ2) is 7.67. The van der Waals surface area contributed by atoms with E-state index in [0.717, 1.165) is 41.1 Å². The highest BCUT2D eigenvalue weighted by atomic mass is 32.2. The van der Waals surface area contributed by atoms with Crippen molar-refractivity contribution in [1.29, 1.82) is 0 Å². The lowest BCUT2D eigenvalue weighted by Gasteiger charge is -2.28. The molecule has 1 fully saturated rings. The second-order valence-corrected chi connectivity index (χ2v) is 10.1. The molecule has 1 aliphatic heterocycles. The maximum absolute atomic E-state index is 12.2. The lowest BCUT2D eigenvalue weighted by molar-refractivity contribution is -0.125. The molecular formula is C22H33NO2S. The molecule has 0 aromatic heterocycles. The highest BCUT2D eigenvalue weighted by molar-refractivity contribution is 8.04. The van der Waals surface area contributed by atoms with Crippen molar-refractivity contribution in [1.82, 2.24) is 4.90 Å². The highest BCUT2D eigenvalue weighted by Crippen LogP contribution is 2.41. The lowest BCUT2D eigenvalue weighted by Crippen LogP contribution is -2.25. The SMILES string of the molecule is CCCCN1C(=O)CSC1=Cc1cc(C(C)(C)C)c(O)c(C(C)(C)C)c1. The summed E-state index contributed by atoms with van der Waals surface area (Å²) >= 11 is 1.61. The first-order valence-corrected chi connectivity index (χ1v) is 10.5. The zero-order chi connectivity index (χ0) is 19.7. The zero-order valence-electron chi connectivity index (χ0n) is 17.3. The summed E-state index contributed by atoms with van der Waals surface area (Å²) in [6, 6.07) is 4.14. The van der Waals surface area contributed by atoms with Gasteiger partial charge in [0.05, 0.1) is 10.8 Å². The normalized spacial score (nSPS) is 17.4. The number of thioether (sulfide) groups is 1. The first-order chi connectivity index (χ1) is 11.9. The van der Waals surface area contributed by atoms with Gasteiger partial charge in [-0.15, -0.1) is 0 Å². The molecule has 0 radical (unpaired) electrons. The average molecular weight is 376 g/mol. The van der Waals surface area contributed by atoms with Crippen molar-refractivity contribution in [3.05, 3.63) is 33.9 Å². The monoisotopic (exact) mass is 375 g/mol. The minimum Gasteiger partial charge on any atom is -0.507 e. The molecule has 4 heteroatoms. The van der Waals surface area contributed by atoms with Crippen LogP contribution in [0.15, 0.2) is 17.2 Å². The van der Waals surface area contributed by atoms with Crippen molar-refractivity contribution in [3.8, 4) is 5.75 Å². The molecule has 1 amide bonds. The fourth-order valence-corrected chi connectivity index (χ4v) is 4.11. The van der Waals surface area contributed by atoms with Crippen molar-refractivity contribution in [2.24, 2.45) is 0 Å². The lowest BCUT2D eigenvalue weighted by atomic mass is 9.78. The van der Waals surface area contributed by atoms with E-state index < -0.39 is 0 Å². The number of carbonyl (C=O) groups excluding carboxylic acids is 1. The van der Waals surface area contributed by atoms with Crippen LogP contribution in [0.2, 0.25) is 0 Å². The molecule has 1 aliphatic rings. The van der Waals surface area contributed by atoms with Gasteiger partial charge in [0.15, 0.2) is 0 Å². The van der Waals surface area contributed by atoms with E-state index in [4.69, 9.17) is 0 Å². The molecule has 0 aliphatic carbocycles. The van der Waals surface area contributed by atoms with Crippen LogP contribution in [0.5, 0.6) is 5.75 Å². The van der Waals surface area contributed by atoms with Crippen molar-refractivity contribution < 1.29 is 9.90 Å². The number of unbranched alkanes of at least 4 members (excludes halogenated alkanes) is 1. The van der Waals surface area contributed by atoms with Crippen LogP contribution in [0.3, 0.4) is 0 Å². The van der Waals surface area contributed by atoms with Gasteiger partial charge in [0.2, 0.25) is 5.91 Å². The van der Waals surface area contributed by atoms with E-state index in [1.165, 1.54) is 0 Å². The Morgan fingerprint density at radius 2 is 1.65 bits per heavy atom. The topological polar surface area (TPSA) is 40.5 Å². The molecule has 1 heterocycles. The maximum atomic E-state index is 12.2. The summed E-state index contributed by atoms with van der Waals surface area (Å²) in [6.07, 6.45) is 4.19. The maximum Gasteiger partial charge on any atom is 0.237 e. The molecule has 0 spiro atoms. The molecule has 1 aromatic carbocycles. The number of hydrogen-bond acceptors (Lipinski definition) is 3. The van der Waals surface area contributed by atoms with Crippen LogP contribution >= 0.6 is 11.8 Å². The van der Waals surface area contributed by atoms with Crippen LogP contribution < -0.4 is 0 Å². The Morgan fingerprint density at radius 1 is 1.12 bits per heavy atom. The number of amides is 1. The molecule has 1 N–H and O–H groups in total. The minimum atomic E-state index is -0.154. The summed E-state index contributed by atoms with van der Waals surface area (Å²) in [5.74, 6) is 1.11. The van der Waals surface area contributed by atoms with Crippen LogP contribution in [0.4, 0.5) is 0 Å². The summed E-state index contributed by atoms with van der Waals surface area (Å²) in [5, 5.41) is 11.9.